The zero-order valence-corrected chi connectivity index (χ0v) is 18.5. The summed E-state index contributed by atoms with van der Waals surface area (Å²) < 4.78 is 10.7. The van der Waals surface area contributed by atoms with Crippen molar-refractivity contribution < 1.29 is 14.1 Å². The molecule has 7 heteroatoms. The molecule has 7 nitrogen and oxygen atoms in total. The van der Waals surface area contributed by atoms with Gasteiger partial charge < -0.3 is 14.6 Å². The number of carbonyl (C=O) groups is 1. The highest BCUT2D eigenvalue weighted by molar-refractivity contribution is 6.02. The Morgan fingerprint density at radius 1 is 1.12 bits per heavy atom. The van der Waals surface area contributed by atoms with E-state index in [2.05, 4.69) is 32.5 Å². The minimum atomic E-state index is -0.0818. The Labute approximate surface area is 192 Å². The minimum absolute atomic E-state index is 0.0560. The van der Waals surface area contributed by atoms with E-state index in [9.17, 15) is 4.79 Å². The van der Waals surface area contributed by atoms with Gasteiger partial charge >= 0.3 is 0 Å². The molecular weight excluding hydrogens is 416 g/mol. The average molecular weight is 443 g/mol. The van der Waals surface area contributed by atoms with Crippen LogP contribution in [0.4, 0.5) is 5.69 Å². The third kappa shape index (κ3) is 4.73. The van der Waals surface area contributed by atoms with Crippen molar-refractivity contribution in [3.8, 4) is 17.1 Å². The number of benzene rings is 3. The van der Waals surface area contributed by atoms with Crippen LogP contribution in [0.3, 0.4) is 0 Å². The van der Waals surface area contributed by atoms with Gasteiger partial charge in [-0.2, -0.15) is 4.98 Å². The highest BCUT2D eigenvalue weighted by Crippen LogP contribution is 2.26. The number of nitrogens with one attached hydrogen (secondary N) is 1. The van der Waals surface area contributed by atoms with Crippen molar-refractivity contribution in [2.45, 2.75) is 19.4 Å². The lowest BCUT2D eigenvalue weighted by Crippen LogP contribution is -2.40. The molecule has 168 valence electrons. The standard InChI is InChI=1S/C26H26N4O3/c1-32-21-13-11-19(12-14-21)25-28-24(33-29-25)17-30-15-5-8-20(16-30)26(31)27-23-10-4-7-18-6-2-3-9-22(18)23/h2-4,6-7,9-14,20H,5,8,15-17H2,1H3,(H,27,31). The SMILES string of the molecule is COc1ccc(-c2noc(CN3CCCC(C(=O)Nc4cccc5ccccc45)C3)n2)cc1. The Morgan fingerprint density at radius 3 is 2.79 bits per heavy atom. The number of ether oxygens (including phenoxy) is 1. The van der Waals surface area contributed by atoms with Crippen molar-refractivity contribution in [3.05, 3.63) is 72.6 Å². The first-order valence-electron chi connectivity index (χ1n) is 11.2. The summed E-state index contributed by atoms with van der Waals surface area (Å²) in [6.07, 6.45) is 1.82. The van der Waals surface area contributed by atoms with E-state index in [0.29, 0.717) is 24.8 Å². The number of piperidine rings is 1. The molecule has 1 saturated heterocycles. The second-order valence-corrected chi connectivity index (χ2v) is 8.33. The molecule has 3 aromatic carbocycles. The zero-order valence-electron chi connectivity index (χ0n) is 18.5. The zero-order chi connectivity index (χ0) is 22.6. The Kier molecular flexibility index (Phi) is 6.04. The van der Waals surface area contributed by atoms with Crippen molar-refractivity contribution in [2.24, 2.45) is 5.92 Å². The number of rotatable bonds is 6. The van der Waals surface area contributed by atoms with Crippen LogP contribution in [0.25, 0.3) is 22.2 Å². The fraction of sp³-hybridized carbons (Fsp3) is 0.269. The van der Waals surface area contributed by atoms with E-state index < -0.39 is 0 Å². The van der Waals surface area contributed by atoms with Crippen LogP contribution < -0.4 is 10.1 Å². The topological polar surface area (TPSA) is 80.5 Å². The molecule has 0 aliphatic carbocycles. The minimum Gasteiger partial charge on any atom is -0.497 e. The molecule has 1 aromatic heterocycles. The molecule has 0 spiro atoms. The number of carbonyl (C=O) groups excluding carboxylic acids is 1. The van der Waals surface area contributed by atoms with Crippen molar-refractivity contribution >= 4 is 22.4 Å². The Hall–Kier alpha value is -3.71. The number of anilines is 1. The second-order valence-electron chi connectivity index (χ2n) is 8.33. The fourth-order valence-electron chi connectivity index (χ4n) is 4.35. The van der Waals surface area contributed by atoms with Crippen molar-refractivity contribution in [1.29, 1.82) is 0 Å². The van der Waals surface area contributed by atoms with Gasteiger partial charge in [0.15, 0.2) is 0 Å². The summed E-state index contributed by atoms with van der Waals surface area (Å²) in [6.45, 7) is 2.09. The Morgan fingerprint density at radius 2 is 1.94 bits per heavy atom. The first-order valence-corrected chi connectivity index (χ1v) is 11.2. The Balaban J connectivity index is 1.23. The quantitative estimate of drug-likeness (QED) is 0.464. The molecule has 1 aliphatic rings. The van der Waals surface area contributed by atoms with E-state index in [1.54, 1.807) is 7.11 Å². The van der Waals surface area contributed by atoms with Gasteiger partial charge in [-0.3, -0.25) is 9.69 Å². The summed E-state index contributed by atoms with van der Waals surface area (Å²) in [7, 11) is 1.63. The molecule has 0 saturated carbocycles. The number of nitrogens with zero attached hydrogens (tertiary/aromatic N) is 3. The van der Waals surface area contributed by atoms with Crippen molar-refractivity contribution in [2.75, 3.05) is 25.5 Å². The van der Waals surface area contributed by atoms with Crippen LogP contribution >= 0.6 is 0 Å². The summed E-state index contributed by atoms with van der Waals surface area (Å²) in [6, 6.07) is 21.6. The van der Waals surface area contributed by atoms with Crippen LogP contribution in [0.5, 0.6) is 5.75 Å². The van der Waals surface area contributed by atoms with Crippen molar-refractivity contribution in [3.63, 3.8) is 0 Å². The number of methoxy groups -OCH3 is 1. The summed E-state index contributed by atoms with van der Waals surface area (Å²) >= 11 is 0. The van der Waals surface area contributed by atoms with E-state index >= 15 is 0 Å². The van der Waals surface area contributed by atoms with Crippen LogP contribution in [0.1, 0.15) is 18.7 Å². The van der Waals surface area contributed by atoms with Gasteiger partial charge in [0, 0.05) is 23.2 Å². The molecule has 33 heavy (non-hydrogen) atoms. The van der Waals surface area contributed by atoms with Gasteiger partial charge in [-0.15, -0.1) is 0 Å². The first-order chi connectivity index (χ1) is 16.2. The van der Waals surface area contributed by atoms with Gasteiger partial charge in [0.05, 0.1) is 19.6 Å². The largest absolute Gasteiger partial charge is 0.497 e. The van der Waals surface area contributed by atoms with Gasteiger partial charge in [-0.25, -0.2) is 0 Å². The predicted octanol–water partition coefficient (Wildman–Crippen LogP) is 4.75. The molecule has 1 N–H and O–H groups in total. The van der Waals surface area contributed by atoms with Crippen LogP contribution in [-0.2, 0) is 11.3 Å². The monoisotopic (exact) mass is 442 g/mol. The average Bonchev–Trinajstić information content (AvgIpc) is 3.33. The maximum atomic E-state index is 13.1. The number of aromatic nitrogens is 2. The molecule has 0 radical (unpaired) electrons. The summed E-state index contributed by atoms with van der Waals surface area (Å²) in [4.78, 5) is 19.8. The predicted molar refractivity (Wildman–Crippen MR) is 127 cm³/mol. The molecule has 1 atom stereocenters. The van der Waals surface area contributed by atoms with Crippen LogP contribution in [0, 0.1) is 5.92 Å². The van der Waals surface area contributed by atoms with Gasteiger partial charge in [0.25, 0.3) is 0 Å². The molecule has 2 heterocycles. The van der Waals surface area contributed by atoms with Crippen molar-refractivity contribution in [1.82, 2.24) is 15.0 Å². The normalized spacial score (nSPS) is 16.6. The van der Waals surface area contributed by atoms with E-state index in [0.717, 1.165) is 47.2 Å². The second kappa shape index (κ2) is 9.42. The third-order valence-corrected chi connectivity index (χ3v) is 6.10. The molecule has 1 aliphatic heterocycles. The summed E-state index contributed by atoms with van der Waals surface area (Å²) in [5.74, 6) is 1.86. The fourth-order valence-corrected chi connectivity index (χ4v) is 4.35. The highest BCUT2D eigenvalue weighted by Gasteiger charge is 2.27. The third-order valence-electron chi connectivity index (χ3n) is 6.10. The lowest BCUT2D eigenvalue weighted by molar-refractivity contribution is -0.121. The maximum Gasteiger partial charge on any atom is 0.241 e. The van der Waals surface area contributed by atoms with E-state index in [-0.39, 0.29) is 11.8 Å². The first kappa shape index (κ1) is 21.2. The molecule has 1 amide bonds. The van der Waals surface area contributed by atoms with Crippen LogP contribution in [0.15, 0.2) is 71.3 Å². The molecule has 4 aromatic rings. The lowest BCUT2D eigenvalue weighted by Gasteiger charge is -2.31. The number of hydrogen-bond donors (Lipinski definition) is 1. The van der Waals surface area contributed by atoms with Crippen LogP contribution in [0.2, 0.25) is 0 Å². The van der Waals surface area contributed by atoms with E-state index in [1.165, 1.54) is 0 Å². The number of amides is 1. The molecule has 1 unspecified atom stereocenters. The van der Waals surface area contributed by atoms with E-state index in [4.69, 9.17) is 9.26 Å². The Bertz CT molecular complexity index is 1250. The van der Waals surface area contributed by atoms with Gasteiger partial charge in [0.2, 0.25) is 17.6 Å². The number of likely N-dealkylation sites (tertiary alicyclic amines) is 1. The number of fused-ring (bicyclic) bond motifs is 1. The molecule has 5 rings (SSSR count). The van der Waals surface area contributed by atoms with Gasteiger partial charge in [-0.1, -0.05) is 41.6 Å². The molecular formula is C26H26N4O3. The van der Waals surface area contributed by atoms with E-state index in [1.807, 2.05) is 54.6 Å². The smallest absolute Gasteiger partial charge is 0.241 e. The summed E-state index contributed by atoms with van der Waals surface area (Å²) in [5.41, 5.74) is 1.73. The molecule has 1 fully saturated rings. The maximum absolute atomic E-state index is 13.1. The number of hydrogen-bond acceptors (Lipinski definition) is 6. The van der Waals surface area contributed by atoms with Gasteiger partial charge in [-0.05, 0) is 55.1 Å². The highest BCUT2D eigenvalue weighted by atomic mass is 16.5. The molecule has 0 bridgehead atoms. The summed E-state index contributed by atoms with van der Waals surface area (Å²) in [5, 5.41) is 9.43. The lowest BCUT2D eigenvalue weighted by atomic mass is 9.96. The van der Waals surface area contributed by atoms with Crippen LogP contribution in [-0.4, -0.2) is 41.1 Å². The van der Waals surface area contributed by atoms with Gasteiger partial charge in [0.1, 0.15) is 5.75 Å².